The maximum absolute atomic E-state index is 14.1. The van der Waals surface area contributed by atoms with Gasteiger partial charge in [-0.2, -0.15) is 0 Å². The highest BCUT2D eigenvalue weighted by Crippen LogP contribution is 2.15. The molecule has 0 spiro atoms. The number of aliphatic hydroxyl groups is 4. The Morgan fingerprint density at radius 3 is 1.71 bits per heavy atom. The molecule has 1 unspecified atom stereocenters. The van der Waals surface area contributed by atoms with Crippen molar-refractivity contribution in [2.24, 2.45) is 45.7 Å². The van der Waals surface area contributed by atoms with Crippen LogP contribution in [0.1, 0.15) is 94.9 Å². The molecule has 0 aromatic heterocycles. The molecule has 0 aliphatic rings. The molecule has 0 saturated heterocycles. The molecule has 11 atom stereocenters. The molecule has 28 heteroatoms. The Hall–Kier alpha value is -6.23. The van der Waals surface area contributed by atoms with Gasteiger partial charge in [0.1, 0.15) is 41.9 Å². The number of amides is 9. The Morgan fingerprint density at radius 2 is 1.26 bits per heavy atom. The SMILES string of the molecule is CCC(C)[C@H](NC(=O)[C@@H](CCCN=C(N)N)NC(=O)[C@H](CC(C)C)NC(=O)[C@@H](NC(=O)OC(C)(C)C)[C@H](O)C(C)C)C(=O)N[C@H](C(=O)NCC(=O)N(C(=O)[C@@H](N)[C@H](O)C(N)=O)[C@@H](CO)C(=O)O)[C@H](C)O. The van der Waals surface area contributed by atoms with Gasteiger partial charge in [0.05, 0.1) is 25.4 Å². The molecule has 0 aliphatic carbocycles. The Morgan fingerprint density at radius 1 is 0.729 bits per heavy atom. The lowest BCUT2D eigenvalue weighted by Crippen LogP contribution is -2.63. The second-order valence-electron chi connectivity index (χ2n) is 18.4. The minimum absolute atomic E-state index is 0.00497. The van der Waals surface area contributed by atoms with Crippen LogP contribution in [0.2, 0.25) is 0 Å². The van der Waals surface area contributed by atoms with Crippen LogP contribution in [0.15, 0.2) is 4.99 Å². The number of carbonyl (C=O) groups is 10. The van der Waals surface area contributed by atoms with Crippen LogP contribution in [0.4, 0.5) is 4.79 Å². The first-order valence-electron chi connectivity index (χ1n) is 22.5. The maximum Gasteiger partial charge on any atom is 0.408 e. The zero-order valence-corrected chi connectivity index (χ0v) is 41.4. The van der Waals surface area contributed by atoms with Gasteiger partial charge >= 0.3 is 12.1 Å². The van der Waals surface area contributed by atoms with Crippen molar-refractivity contribution in [2.45, 2.75) is 161 Å². The van der Waals surface area contributed by atoms with Crippen molar-refractivity contribution in [3.63, 3.8) is 0 Å². The predicted molar refractivity (Wildman–Crippen MR) is 249 cm³/mol. The van der Waals surface area contributed by atoms with Gasteiger partial charge in [-0.3, -0.25) is 48.2 Å². The minimum Gasteiger partial charge on any atom is -0.480 e. The van der Waals surface area contributed by atoms with Gasteiger partial charge in [0.15, 0.2) is 18.1 Å². The zero-order chi connectivity index (χ0) is 54.5. The number of rotatable bonds is 29. The normalized spacial score (nSPS) is 16.2. The Labute approximate surface area is 406 Å². The minimum atomic E-state index is -2.40. The second kappa shape index (κ2) is 29.7. The topological polar surface area (TPSA) is 473 Å². The van der Waals surface area contributed by atoms with Crippen molar-refractivity contribution in [3.05, 3.63) is 0 Å². The monoisotopic (exact) mass is 1000 g/mol. The summed E-state index contributed by atoms with van der Waals surface area (Å²) >= 11 is 0. The van der Waals surface area contributed by atoms with E-state index in [1.807, 2.05) is 5.32 Å². The van der Waals surface area contributed by atoms with E-state index in [9.17, 15) is 73.5 Å². The number of hydrogen-bond acceptors (Lipinski definition) is 17. The summed E-state index contributed by atoms with van der Waals surface area (Å²) in [6.45, 7) is 13.2. The number of nitrogens with zero attached hydrogens (tertiary/aromatic N) is 2. The number of carboxylic acid groups (broad SMARTS) is 1. The van der Waals surface area contributed by atoms with Crippen LogP contribution in [0.25, 0.3) is 0 Å². The average Bonchev–Trinajstić information content (AvgIpc) is 3.25. The fraction of sp³-hybridized carbons (Fsp3) is 0.738. The first kappa shape index (κ1) is 63.8. The molecule has 0 aromatic carbocycles. The van der Waals surface area contributed by atoms with E-state index in [0.29, 0.717) is 0 Å². The van der Waals surface area contributed by atoms with E-state index in [0.717, 1.165) is 6.92 Å². The number of nitrogens with two attached hydrogens (primary N) is 4. The number of alkyl carbamates (subject to hydrolysis) is 1. The summed E-state index contributed by atoms with van der Waals surface area (Å²) in [5, 5.41) is 65.0. The smallest absolute Gasteiger partial charge is 0.408 e. The molecule has 0 aromatic rings. The number of carboxylic acids is 1. The molecule has 0 rings (SSSR count). The van der Waals surface area contributed by atoms with Crippen LogP contribution in [0.3, 0.4) is 0 Å². The lowest BCUT2D eigenvalue weighted by atomic mass is 9.96. The number of aliphatic imine (C=N–C) groups is 1. The van der Waals surface area contributed by atoms with Crippen LogP contribution in [-0.4, -0.2) is 182 Å². The molecule has 9 amide bonds. The number of hydrogen-bond donors (Lipinski definition) is 15. The van der Waals surface area contributed by atoms with E-state index in [1.165, 1.54) is 0 Å². The summed E-state index contributed by atoms with van der Waals surface area (Å²) < 4.78 is 5.27. The Balaban J connectivity index is 6.75. The van der Waals surface area contributed by atoms with E-state index in [2.05, 4.69) is 31.6 Å². The first-order valence-corrected chi connectivity index (χ1v) is 22.5. The summed E-state index contributed by atoms with van der Waals surface area (Å²) in [6.07, 6.45) is -6.38. The number of nitrogens with one attached hydrogen (secondary N) is 6. The van der Waals surface area contributed by atoms with E-state index >= 15 is 0 Å². The van der Waals surface area contributed by atoms with Gasteiger partial charge in [0.25, 0.3) is 0 Å². The summed E-state index contributed by atoms with van der Waals surface area (Å²) in [7, 11) is 0. The van der Waals surface area contributed by atoms with E-state index in [4.69, 9.17) is 27.7 Å². The summed E-state index contributed by atoms with van der Waals surface area (Å²) in [4.78, 5) is 135. The summed E-state index contributed by atoms with van der Waals surface area (Å²) in [6, 6.07) is -12.4. The van der Waals surface area contributed by atoms with Gasteiger partial charge in [-0.15, -0.1) is 0 Å². The molecule has 0 heterocycles. The average molecular weight is 1010 g/mol. The third kappa shape index (κ3) is 21.6. The fourth-order valence-corrected chi connectivity index (χ4v) is 6.29. The second-order valence-corrected chi connectivity index (χ2v) is 18.4. The van der Waals surface area contributed by atoms with Crippen LogP contribution in [0, 0.1) is 17.8 Å². The van der Waals surface area contributed by atoms with Crippen LogP contribution in [-0.2, 0) is 47.9 Å². The zero-order valence-electron chi connectivity index (χ0n) is 41.4. The molecule has 19 N–H and O–H groups in total. The van der Waals surface area contributed by atoms with Crippen molar-refractivity contribution in [1.29, 1.82) is 0 Å². The first-order chi connectivity index (χ1) is 32.2. The number of guanidine groups is 1. The molecule has 400 valence electrons. The molecular weight excluding hydrogens is 929 g/mol. The quantitative estimate of drug-likeness (QED) is 0.0189. The number of carbonyl (C=O) groups excluding carboxylic acids is 9. The lowest BCUT2D eigenvalue weighted by Gasteiger charge is -2.31. The highest BCUT2D eigenvalue weighted by Gasteiger charge is 2.42. The standard InChI is InChI=1S/C42H76N12O16/c1-11-20(6)27(36(64)52-28(21(7)56)35(63)48-16-25(57)54(24(17-55)39(67)68)38(66)26(43)31(59)32(44)60)51-33(61)22(13-12-14-47-40(45)46)49-34(62)23(15-18(2)3)50-37(65)29(30(58)19(4)5)53-41(69)70-42(8,9)10/h18-24,26-31,55-56,58-59H,11-17,43H2,1-10H3,(H2,44,60)(H,48,63)(H,49,62)(H,50,65)(H,51,61)(H,52,64)(H,53,69)(H,67,68)(H4,45,46,47)/t20?,21-,22+,23-,24-,26-,27-,28-,29-,30+,31-/m0/s1. The van der Waals surface area contributed by atoms with Gasteiger partial charge in [-0.25, -0.2) is 9.59 Å². The third-order valence-electron chi connectivity index (χ3n) is 10.4. The van der Waals surface area contributed by atoms with Gasteiger partial charge in [-0.1, -0.05) is 48.0 Å². The number of imide groups is 1. The molecule has 0 fully saturated rings. The Kier molecular flexibility index (Phi) is 27.1. The van der Waals surface area contributed by atoms with E-state index in [1.54, 1.807) is 62.3 Å². The fourth-order valence-electron chi connectivity index (χ4n) is 6.29. The maximum atomic E-state index is 14.1. The summed E-state index contributed by atoms with van der Waals surface area (Å²) in [5.74, 6) is -13.5. The van der Waals surface area contributed by atoms with Gasteiger partial charge < -0.3 is 85.1 Å². The van der Waals surface area contributed by atoms with Gasteiger partial charge in [0.2, 0.25) is 47.3 Å². The highest BCUT2D eigenvalue weighted by atomic mass is 16.6. The van der Waals surface area contributed by atoms with Crippen molar-refractivity contribution in [1.82, 2.24) is 36.8 Å². The molecular formula is C42H76N12O16. The molecule has 0 saturated carbocycles. The highest BCUT2D eigenvalue weighted by molar-refractivity contribution is 6.05. The number of aliphatic carboxylic acids is 1. The largest absolute Gasteiger partial charge is 0.480 e. The number of primary amides is 1. The summed E-state index contributed by atoms with van der Waals surface area (Å²) in [5.41, 5.74) is 20.5. The number of aliphatic hydroxyl groups excluding tert-OH is 4. The predicted octanol–water partition coefficient (Wildman–Crippen LogP) is -5.55. The Bertz CT molecular complexity index is 1860. The van der Waals surface area contributed by atoms with Crippen molar-refractivity contribution < 1.29 is 78.2 Å². The van der Waals surface area contributed by atoms with Crippen LogP contribution in [0.5, 0.6) is 0 Å². The van der Waals surface area contributed by atoms with Crippen LogP contribution >= 0.6 is 0 Å². The molecule has 0 bridgehead atoms. The third-order valence-corrected chi connectivity index (χ3v) is 10.4. The van der Waals surface area contributed by atoms with E-state index < -0.39 is 151 Å². The van der Waals surface area contributed by atoms with Gasteiger partial charge in [0, 0.05) is 6.54 Å². The van der Waals surface area contributed by atoms with Crippen molar-refractivity contribution >= 4 is 65.3 Å². The van der Waals surface area contributed by atoms with E-state index in [-0.39, 0.29) is 49.0 Å². The molecule has 0 radical (unpaired) electrons. The van der Waals surface area contributed by atoms with Crippen LogP contribution < -0.4 is 54.8 Å². The molecule has 0 aliphatic heterocycles. The van der Waals surface area contributed by atoms with Crippen molar-refractivity contribution in [3.8, 4) is 0 Å². The van der Waals surface area contributed by atoms with Crippen molar-refractivity contribution in [2.75, 3.05) is 19.7 Å². The lowest BCUT2D eigenvalue weighted by molar-refractivity contribution is -0.161. The molecule has 28 nitrogen and oxygen atoms in total. The van der Waals surface area contributed by atoms with Gasteiger partial charge in [-0.05, 0) is 64.7 Å². The number of ether oxygens (including phenoxy) is 1. The molecule has 70 heavy (non-hydrogen) atoms.